The van der Waals surface area contributed by atoms with Gasteiger partial charge in [0.15, 0.2) is 11.6 Å². The Hall–Kier alpha value is -2.95. The summed E-state index contributed by atoms with van der Waals surface area (Å²) in [5, 5.41) is 0. The predicted octanol–water partition coefficient (Wildman–Crippen LogP) is 7.91. The molecule has 0 N–H and O–H groups in total. The van der Waals surface area contributed by atoms with Gasteiger partial charge in [0.1, 0.15) is 11.5 Å². The monoisotopic (exact) mass is 428 g/mol. The smallest absolute Gasteiger partial charge is 0.394 e. The van der Waals surface area contributed by atoms with E-state index in [0.29, 0.717) is 5.75 Å². The van der Waals surface area contributed by atoms with Crippen molar-refractivity contribution in [3.05, 3.63) is 89.7 Å². The molecule has 2 nitrogen and oxygen atoms in total. The summed E-state index contributed by atoms with van der Waals surface area (Å²) in [4.78, 5) is 0. The van der Waals surface area contributed by atoms with E-state index in [1.807, 2.05) is 30.3 Å². The van der Waals surface area contributed by atoms with Gasteiger partial charge in [0.05, 0.1) is 0 Å². The third kappa shape index (κ3) is 6.78. The van der Waals surface area contributed by atoms with E-state index in [9.17, 15) is 13.2 Å². The molecule has 0 aliphatic rings. The Morgan fingerprint density at radius 1 is 0.806 bits per heavy atom. The average molecular weight is 428 g/mol. The molecule has 31 heavy (non-hydrogen) atoms. The second-order valence-corrected chi connectivity index (χ2v) is 8.35. The van der Waals surface area contributed by atoms with E-state index in [0.717, 1.165) is 37.3 Å². The number of halogens is 3. The van der Waals surface area contributed by atoms with Crippen molar-refractivity contribution < 1.29 is 22.6 Å². The van der Waals surface area contributed by atoms with Crippen LogP contribution in [0.1, 0.15) is 44.7 Å². The summed E-state index contributed by atoms with van der Waals surface area (Å²) >= 11 is 0. The van der Waals surface area contributed by atoms with Gasteiger partial charge in [0.2, 0.25) is 0 Å². The standard InChI is InChI=1S/C26H27F3O2/c1-25(2,20-12-14-22(15-13-20)31-26(3,28)29)17-7-8-19-11-16-23(27)24(18-19)30-21-9-5-4-6-10-21/h4-6,9-16,18H,7-8,17H2,1-3H3. The Bertz CT molecular complexity index is 978. The molecule has 0 radical (unpaired) electrons. The molecule has 0 fully saturated rings. The molecule has 0 aliphatic carbocycles. The normalized spacial score (nSPS) is 11.9. The second kappa shape index (κ2) is 9.46. The summed E-state index contributed by atoms with van der Waals surface area (Å²) < 4.78 is 50.4. The summed E-state index contributed by atoms with van der Waals surface area (Å²) in [6, 6.07) is 20.9. The first-order valence-corrected chi connectivity index (χ1v) is 10.3. The van der Waals surface area contributed by atoms with Crippen molar-refractivity contribution in [2.45, 2.75) is 51.6 Å². The number of aryl methyl sites for hydroxylation is 1. The molecule has 164 valence electrons. The van der Waals surface area contributed by atoms with Crippen LogP contribution in [0.2, 0.25) is 0 Å². The van der Waals surface area contributed by atoms with E-state index in [1.165, 1.54) is 6.07 Å². The number of hydrogen-bond acceptors (Lipinski definition) is 2. The van der Waals surface area contributed by atoms with Crippen LogP contribution in [0.15, 0.2) is 72.8 Å². The lowest BCUT2D eigenvalue weighted by molar-refractivity contribution is -0.158. The number of alkyl halides is 2. The Kier molecular flexibility index (Phi) is 6.94. The molecule has 0 bridgehead atoms. The van der Waals surface area contributed by atoms with Crippen LogP contribution in [0, 0.1) is 5.82 Å². The highest BCUT2D eigenvalue weighted by atomic mass is 19.3. The lowest BCUT2D eigenvalue weighted by Crippen LogP contribution is -2.20. The first kappa shape index (κ1) is 22.7. The fourth-order valence-electron chi connectivity index (χ4n) is 3.46. The lowest BCUT2D eigenvalue weighted by atomic mass is 9.80. The van der Waals surface area contributed by atoms with E-state index in [-0.39, 0.29) is 16.9 Å². The minimum Gasteiger partial charge on any atom is -0.454 e. The Balaban J connectivity index is 1.59. The molecular weight excluding hydrogens is 401 g/mol. The maximum Gasteiger partial charge on any atom is 0.394 e. The molecule has 0 aromatic heterocycles. The van der Waals surface area contributed by atoms with Gasteiger partial charge in [-0.3, -0.25) is 0 Å². The van der Waals surface area contributed by atoms with E-state index in [4.69, 9.17) is 4.74 Å². The van der Waals surface area contributed by atoms with Gasteiger partial charge in [-0.15, -0.1) is 0 Å². The summed E-state index contributed by atoms with van der Waals surface area (Å²) in [5.41, 5.74) is 1.90. The van der Waals surface area contributed by atoms with Gasteiger partial charge in [-0.25, -0.2) is 4.39 Å². The SMILES string of the molecule is CC(F)(F)Oc1ccc(C(C)(C)CCCc2ccc(F)c(Oc3ccccc3)c2)cc1. The van der Waals surface area contributed by atoms with Gasteiger partial charge in [0, 0.05) is 6.92 Å². The zero-order chi connectivity index (χ0) is 22.5. The molecule has 0 aliphatic heterocycles. The maximum absolute atomic E-state index is 14.1. The van der Waals surface area contributed by atoms with Gasteiger partial charge >= 0.3 is 6.11 Å². The highest BCUT2D eigenvalue weighted by Gasteiger charge is 2.24. The van der Waals surface area contributed by atoms with Crippen LogP contribution in [0.4, 0.5) is 13.2 Å². The van der Waals surface area contributed by atoms with E-state index in [2.05, 4.69) is 18.6 Å². The summed E-state index contributed by atoms with van der Waals surface area (Å²) in [6.07, 6.45) is -0.661. The van der Waals surface area contributed by atoms with Crippen molar-refractivity contribution in [1.29, 1.82) is 0 Å². The molecule has 0 unspecified atom stereocenters. The van der Waals surface area contributed by atoms with E-state index >= 15 is 0 Å². The molecule has 0 spiro atoms. The summed E-state index contributed by atoms with van der Waals surface area (Å²) in [7, 11) is 0. The third-order valence-electron chi connectivity index (χ3n) is 5.17. The number of ether oxygens (including phenoxy) is 2. The molecule has 3 aromatic rings. The van der Waals surface area contributed by atoms with Gasteiger partial charge in [-0.1, -0.05) is 50.2 Å². The Morgan fingerprint density at radius 2 is 1.48 bits per heavy atom. The average Bonchev–Trinajstić information content (AvgIpc) is 2.70. The zero-order valence-electron chi connectivity index (χ0n) is 18.0. The maximum atomic E-state index is 14.1. The van der Waals surface area contributed by atoms with Crippen molar-refractivity contribution in [2.75, 3.05) is 0 Å². The predicted molar refractivity (Wildman–Crippen MR) is 117 cm³/mol. The molecule has 0 saturated heterocycles. The van der Waals surface area contributed by atoms with Gasteiger partial charge in [0.25, 0.3) is 0 Å². The van der Waals surface area contributed by atoms with Crippen LogP contribution in [0.5, 0.6) is 17.2 Å². The van der Waals surface area contributed by atoms with Crippen molar-refractivity contribution >= 4 is 0 Å². The molecular formula is C26H27F3O2. The zero-order valence-corrected chi connectivity index (χ0v) is 18.0. The fraction of sp³-hybridized carbons (Fsp3) is 0.308. The second-order valence-electron chi connectivity index (χ2n) is 8.35. The van der Waals surface area contributed by atoms with Gasteiger partial charge in [-0.2, -0.15) is 8.78 Å². The van der Waals surface area contributed by atoms with Crippen LogP contribution in [-0.2, 0) is 11.8 Å². The van der Waals surface area contributed by atoms with Gasteiger partial charge < -0.3 is 9.47 Å². The third-order valence-corrected chi connectivity index (χ3v) is 5.17. The van der Waals surface area contributed by atoms with Crippen LogP contribution in [0.3, 0.4) is 0 Å². The molecule has 3 aromatic carbocycles. The van der Waals surface area contributed by atoms with Crippen molar-refractivity contribution in [3.8, 4) is 17.2 Å². The topological polar surface area (TPSA) is 18.5 Å². The minimum absolute atomic E-state index is 0.142. The number of benzene rings is 3. The largest absolute Gasteiger partial charge is 0.454 e. The van der Waals surface area contributed by atoms with Crippen molar-refractivity contribution in [1.82, 2.24) is 0 Å². The Labute approximate surface area is 181 Å². The molecule has 0 atom stereocenters. The molecule has 0 amide bonds. The number of rotatable bonds is 9. The van der Waals surface area contributed by atoms with Crippen molar-refractivity contribution in [2.24, 2.45) is 0 Å². The lowest BCUT2D eigenvalue weighted by Gasteiger charge is -2.26. The molecule has 5 heteroatoms. The summed E-state index contributed by atoms with van der Waals surface area (Å²) in [5.74, 6) is 0.552. The number of para-hydroxylation sites is 1. The minimum atomic E-state index is -3.20. The Morgan fingerprint density at radius 3 is 2.13 bits per heavy atom. The first-order valence-electron chi connectivity index (χ1n) is 10.3. The quantitative estimate of drug-likeness (QED) is 0.345. The van der Waals surface area contributed by atoms with Crippen LogP contribution in [0.25, 0.3) is 0 Å². The van der Waals surface area contributed by atoms with E-state index < -0.39 is 11.9 Å². The molecule has 0 heterocycles. The van der Waals surface area contributed by atoms with Gasteiger partial charge in [-0.05, 0) is 72.2 Å². The summed E-state index contributed by atoms with van der Waals surface area (Å²) in [6.45, 7) is 4.95. The van der Waals surface area contributed by atoms with Crippen molar-refractivity contribution in [3.63, 3.8) is 0 Å². The fourth-order valence-corrected chi connectivity index (χ4v) is 3.46. The highest BCUT2D eigenvalue weighted by Crippen LogP contribution is 2.32. The van der Waals surface area contributed by atoms with Crippen LogP contribution >= 0.6 is 0 Å². The van der Waals surface area contributed by atoms with Crippen LogP contribution < -0.4 is 9.47 Å². The number of hydrogen-bond donors (Lipinski definition) is 0. The van der Waals surface area contributed by atoms with E-state index in [1.54, 1.807) is 36.4 Å². The highest BCUT2D eigenvalue weighted by molar-refractivity contribution is 5.35. The molecule has 3 rings (SSSR count). The first-order chi connectivity index (χ1) is 14.6. The van der Waals surface area contributed by atoms with Crippen LogP contribution in [-0.4, -0.2) is 6.11 Å². The molecule has 0 saturated carbocycles.